The van der Waals surface area contributed by atoms with Crippen molar-refractivity contribution in [2.24, 2.45) is 0 Å². The van der Waals surface area contributed by atoms with Crippen molar-refractivity contribution in [3.8, 4) is 11.3 Å². The Bertz CT molecular complexity index is 932. The molecule has 0 unspecified atom stereocenters. The minimum atomic E-state index is -4.58. The first-order valence-corrected chi connectivity index (χ1v) is 7.84. The summed E-state index contributed by atoms with van der Waals surface area (Å²) in [6.07, 6.45) is -4.58. The Morgan fingerprint density at radius 3 is 2.16 bits per heavy atom. The Morgan fingerprint density at radius 1 is 0.920 bits per heavy atom. The molecule has 0 bridgehead atoms. The lowest BCUT2D eigenvalue weighted by atomic mass is 10.1. The second-order valence-corrected chi connectivity index (χ2v) is 5.98. The van der Waals surface area contributed by atoms with Gasteiger partial charge in [0.05, 0.1) is 17.8 Å². The summed E-state index contributed by atoms with van der Waals surface area (Å²) in [5.41, 5.74) is -0.134. The van der Waals surface area contributed by atoms with Crippen molar-refractivity contribution >= 4 is 11.6 Å². The standard InChI is InChI=1S/C19H13ClF3NO/c20-16-8-6-13(7-9-16)12-24-17(14-4-2-1-3-5-14)10-15(11-18(24)25)19(21,22)23/h1-11H,12H2. The topological polar surface area (TPSA) is 22.0 Å². The van der Waals surface area contributed by atoms with Crippen LogP contribution in [0.3, 0.4) is 0 Å². The maximum atomic E-state index is 13.1. The highest BCUT2D eigenvalue weighted by Crippen LogP contribution is 2.31. The molecule has 1 heterocycles. The third-order valence-electron chi connectivity index (χ3n) is 3.78. The van der Waals surface area contributed by atoms with Crippen molar-refractivity contribution in [3.05, 3.63) is 93.2 Å². The molecule has 0 radical (unpaired) electrons. The molecule has 0 aliphatic rings. The Balaban J connectivity index is 2.16. The lowest BCUT2D eigenvalue weighted by molar-refractivity contribution is -0.137. The molecule has 0 aliphatic heterocycles. The number of pyridine rings is 1. The molecule has 25 heavy (non-hydrogen) atoms. The summed E-state index contributed by atoms with van der Waals surface area (Å²) in [5.74, 6) is 0. The summed E-state index contributed by atoms with van der Waals surface area (Å²) in [7, 11) is 0. The van der Waals surface area contributed by atoms with Gasteiger partial charge in [-0.15, -0.1) is 0 Å². The van der Waals surface area contributed by atoms with Crippen molar-refractivity contribution in [1.82, 2.24) is 4.57 Å². The Morgan fingerprint density at radius 2 is 1.56 bits per heavy atom. The van der Waals surface area contributed by atoms with Gasteiger partial charge in [0.2, 0.25) is 0 Å². The van der Waals surface area contributed by atoms with Gasteiger partial charge in [-0.1, -0.05) is 54.1 Å². The van der Waals surface area contributed by atoms with Crippen LogP contribution >= 0.6 is 11.6 Å². The predicted molar refractivity (Wildman–Crippen MR) is 91.7 cm³/mol. The summed E-state index contributed by atoms with van der Waals surface area (Å²) < 4.78 is 40.6. The quantitative estimate of drug-likeness (QED) is 0.624. The van der Waals surface area contributed by atoms with Gasteiger partial charge in [0.25, 0.3) is 5.56 Å². The third kappa shape index (κ3) is 3.94. The first kappa shape index (κ1) is 17.3. The molecule has 1 aromatic heterocycles. The summed E-state index contributed by atoms with van der Waals surface area (Å²) in [4.78, 5) is 12.4. The van der Waals surface area contributed by atoms with Gasteiger partial charge >= 0.3 is 6.18 Å². The van der Waals surface area contributed by atoms with Crippen molar-refractivity contribution in [1.29, 1.82) is 0 Å². The van der Waals surface area contributed by atoms with Crippen molar-refractivity contribution in [3.63, 3.8) is 0 Å². The SMILES string of the molecule is O=c1cc(C(F)(F)F)cc(-c2ccccc2)n1Cc1ccc(Cl)cc1. The highest BCUT2D eigenvalue weighted by Gasteiger charge is 2.32. The molecular weight excluding hydrogens is 351 g/mol. The summed E-state index contributed by atoms with van der Waals surface area (Å²) in [6, 6.07) is 17.0. The van der Waals surface area contributed by atoms with E-state index in [1.807, 2.05) is 0 Å². The van der Waals surface area contributed by atoms with Crippen LogP contribution in [-0.4, -0.2) is 4.57 Å². The molecule has 0 N–H and O–H groups in total. The number of hydrogen-bond acceptors (Lipinski definition) is 1. The molecule has 0 aliphatic carbocycles. The van der Waals surface area contributed by atoms with E-state index >= 15 is 0 Å². The highest BCUT2D eigenvalue weighted by atomic mass is 35.5. The number of aromatic nitrogens is 1. The van der Waals surface area contributed by atoms with Crippen LogP contribution in [0.4, 0.5) is 13.2 Å². The highest BCUT2D eigenvalue weighted by molar-refractivity contribution is 6.30. The first-order valence-electron chi connectivity index (χ1n) is 7.46. The van der Waals surface area contributed by atoms with Gasteiger partial charge in [-0.3, -0.25) is 4.79 Å². The molecule has 2 nitrogen and oxygen atoms in total. The summed E-state index contributed by atoms with van der Waals surface area (Å²) in [5, 5.41) is 0.548. The van der Waals surface area contributed by atoms with Gasteiger partial charge in [-0.25, -0.2) is 0 Å². The summed E-state index contributed by atoms with van der Waals surface area (Å²) >= 11 is 5.85. The van der Waals surface area contributed by atoms with Gasteiger partial charge in [-0.05, 0) is 29.3 Å². The van der Waals surface area contributed by atoms with Gasteiger partial charge in [0, 0.05) is 11.1 Å². The second kappa shape index (κ2) is 6.76. The maximum Gasteiger partial charge on any atom is 0.416 e. The predicted octanol–water partition coefficient (Wildman–Crippen LogP) is 5.24. The monoisotopic (exact) mass is 363 g/mol. The number of halogens is 4. The number of hydrogen-bond donors (Lipinski definition) is 0. The van der Waals surface area contributed by atoms with E-state index in [1.165, 1.54) is 4.57 Å². The van der Waals surface area contributed by atoms with Crippen LogP contribution in [-0.2, 0) is 12.7 Å². The van der Waals surface area contributed by atoms with E-state index in [0.717, 1.165) is 11.6 Å². The molecule has 0 amide bonds. The van der Waals surface area contributed by atoms with Crippen LogP contribution in [0.25, 0.3) is 11.3 Å². The van der Waals surface area contributed by atoms with Crippen LogP contribution in [0.1, 0.15) is 11.1 Å². The third-order valence-corrected chi connectivity index (χ3v) is 4.03. The molecule has 6 heteroatoms. The lowest BCUT2D eigenvalue weighted by Gasteiger charge is -2.16. The van der Waals surface area contributed by atoms with Crippen LogP contribution in [0.2, 0.25) is 5.02 Å². The Hall–Kier alpha value is -2.53. The molecule has 2 aromatic carbocycles. The van der Waals surface area contributed by atoms with Crippen LogP contribution in [0.5, 0.6) is 0 Å². The van der Waals surface area contributed by atoms with Gasteiger partial charge < -0.3 is 4.57 Å². The zero-order valence-corrected chi connectivity index (χ0v) is 13.7. The van der Waals surface area contributed by atoms with E-state index < -0.39 is 17.3 Å². The number of rotatable bonds is 3. The summed E-state index contributed by atoms with van der Waals surface area (Å²) in [6.45, 7) is 0.151. The van der Waals surface area contributed by atoms with E-state index in [4.69, 9.17) is 11.6 Å². The van der Waals surface area contributed by atoms with Gasteiger partial charge in [-0.2, -0.15) is 13.2 Å². The molecule has 128 valence electrons. The fraction of sp³-hybridized carbons (Fsp3) is 0.105. The van der Waals surface area contributed by atoms with Crippen molar-refractivity contribution in [2.75, 3.05) is 0 Å². The molecular formula is C19H13ClF3NO. The molecule has 3 rings (SSSR count). The molecule has 0 saturated carbocycles. The number of alkyl halides is 3. The van der Waals surface area contributed by atoms with E-state index in [1.54, 1.807) is 54.6 Å². The Labute approximate surface area is 147 Å². The van der Waals surface area contributed by atoms with E-state index in [9.17, 15) is 18.0 Å². The number of benzene rings is 2. The average Bonchev–Trinajstić information content (AvgIpc) is 2.58. The van der Waals surface area contributed by atoms with Gasteiger partial charge in [0.1, 0.15) is 0 Å². The molecule has 3 aromatic rings. The van der Waals surface area contributed by atoms with Crippen molar-refractivity contribution in [2.45, 2.75) is 12.7 Å². The smallest absolute Gasteiger partial charge is 0.304 e. The fourth-order valence-corrected chi connectivity index (χ4v) is 2.67. The van der Waals surface area contributed by atoms with E-state index in [2.05, 4.69) is 0 Å². The molecule has 0 fully saturated rings. The normalized spacial score (nSPS) is 11.5. The maximum absolute atomic E-state index is 13.1. The van der Waals surface area contributed by atoms with E-state index in [-0.39, 0.29) is 12.2 Å². The second-order valence-electron chi connectivity index (χ2n) is 5.54. The lowest BCUT2D eigenvalue weighted by Crippen LogP contribution is -2.24. The average molecular weight is 364 g/mol. The Kier molecular flexibility index (Phi) is 4.68. The fourth-order valence-electron chi connectivity index (χ4n) is 2.54. The minimum absolute atomic E-state index is 0.151. The zero-order valence-electron chi connectivity index (χ0n) is 12.9. The minimum Gasteiger partial charge on any atom is -0.304 e. The zero-order chi connectivity index (χ0) is 18.0. The van der Waals surface area contributed by atoms with Crippen LogP contribution in [0.15, 0.2) is 71.5 Å². The van der Waals surface area contributed by atoms with Crippen molar-refractivity contribution < 1.29 is 13.2 Å². The molecule has 0 saturated heterocycles. The first-order chi connectivity index (χ1) is 11.8. The molecule has 0 atom stereocenters. The van der Waals surface area contributed by atoms with E-state index in [0.29, 0.717) is 16.7 Å². The van der Waals surface area contributed by atoms with Crippen LogP contribution < -0.4 is 5.56 Å². The molecule has 0 spiro atoms. The van der Waals surface area contributed by atoms with Gasteiger partial charge in [0.15, 0.2) is 0 Å². The number of nitrogens with zero attached hydrogens (tertiary/aromatic N) is 1. The van der Waals surface area contributed by atoms with Crippen LogP contribution in [0, 0.1) is 0 Å². The largest absolute Gasteiger partial charge is 0.416 e.